The Balaban J connectivity index is 2.54. The van der Waals surface area contributed by atoms with Gasteiger partial charge in [0.2, 0.25) is 0 Å². The molecule has 0 aliphatic carbocycles. The number of aliphatic carboxylic acids is 1. The number of urea groups is 1. The van der Waals surface area contributed by atoms with Crippen molar-refractivity contribution in [3.63, 3.8) is 0 Å². The van der Waals surface area contributed by atoms with Gasteiger partial charge in [-0.2, -0.15) is 0 Å². The lowest BCUT2D eigenvalue weighted by Crippen LogP contribution is -2.29. The Morgan fingerprint density at radius 2 is 1.90 bits per heavy atom. The second-order valence-electron chi connectivity index (χ2n) is 4.08. The fourth-order valence-corrected chi connectivity index (χ4v) is 2.13. The van der Waals surface area contributed by atoms with Crippen LogP contribution in [0.4, 0.5) is 10.5 Å². The molecule has 1 aromatic carbocycles. The molecule has 0 radical (unpaired) electrons. The number of benzene rings is 1. The number of carbonyl (C=O) groups excluding carboxylic acids is 1. The molecule has 0 saturated heterocycles. The van der Waals surface area contributed by atoms with Gasteiger partial charge in [0, 0.05) is 18.7 Å². The highest BCUT2D eigenvalue weighted by Gasteiger charge is 2.11. The molecule has 0 aromatic heterocycles. The zero-order valence-corrected chi connectivity index (χ0v) is 12.9. The van der Waals surface area contributed by atoms with Gasteiger partial charge in [-0.05, 0) is 25.5 Å². The van der Waals surface area contributed by atoms with E-state index in [1.807, 2.05) is 6.92 Å². The molecule has 1 aromatic rings. The normalized spacial score (nSPS) is 10.0. The molecule has 3 N–H and O–H groups in total. The quantitative estimate of drug-likeness (QED) is 0.667. The van der Waals surface area contributed by atoms with Crippen LogP contribution in [-0.4, -0.2) is 30.3 Å². The van der Waals surface area contributed by atoms with Crippen LogP contribution in [0.2, 0.25) is 10.0 Å². The summed E-state index contributed by atoms with van der Waals surface area (Å²) in [6, 6.07) is 2.58. The number of ether oxygens (including phenoxy) is 1. The van der Waals surface area contributed by atoms with E-state index in [4.69, 9.17) is 33.0 Å². The molecule has 2 amide bonds. The van der Waals surface area contributed by atoms with Crippen LogP contribution in [-0.2, 0) is 4.79 Å². The minimum atomic E-state index is -0.901. The average molecular weight is 335 g/mol. The first-order valence-corrected chi connectivity index (χ1v) is 7.08. The van der Waals surface area contributed by atoms with Gasteiger partial charge >= 0.3 is 12.0 Å². The summed E-state index contributed by atoms with van der Waals surface area (Å²) in [6.45, 7) is 2.50. The van der Waals surface area contributed by atoms with Gasteiger partial charge in [0.25, 0.3) is 0 Å². The van der Waals surface area contributed by atoms with Crippen LogP contribution in [0.5, 0.6) is 5.75 Å². The van der Waals surface area contributed by atoms with Gasteiger partial charge in [-0.1, -0.05) is 23.2 Å². The smallest absolute Gasteiger partial charge is 0.319 e. The fourth-order valence-electron chi connectivity index (χ4n) is 1.53. The van der Waals surface area contributed by atoms with Gasteiger partial charge in [0.15, 0.2) is 5.75 Å². The van der Waals surface area contributed by atoms with Gasteiger partial charge in [0.05, 0.1) is 16.7 Å². The monoisotopic (exact) mass is 334 g/mol. The van der Waals surface area contributed by atoms with E-state index in [0.717, 1.165) is 0 Å². The van der Waals surface area contributed by atoms with E-state index >= 15 is 0 Å². The summed E-state index contributed by atoms with van der Waals surface area (Å²) in [7, 11) is 0. The Morgan fingerprint density at radius 3 is 2.43 bits per heavy atom. The minimum Gasteiger partial charge on any atom is -0.491 e. The Morgan fingerprint density at radius 1 is 1.29 bits per heavy atom. The molecule has 21 heavy (non-hydrogen) atoms. The van der Waals surface area contributed by atoms with Gasteiger partial charge in [-0.25, -0.2) is 4.79 Å². The Bertz CT molecular complexity index is 500. The van der Waals surface area contributed by atoms with Gasteiger partial charge in [-0.15, -0.1) is 0 Å². The van der Waals surface area contributed by atoms with Crippen LogP contribution in [0.3, 0.4) is 0 Å². The maximum absolute atomic E-state index is 11.6. The Hall–Kier alpha value is -1.66. The number of rotatable bonds is 7. The summed E-state index contributed by atoms with van der Waals surface area (Å²) in [5, 5.41) is 14.2. The lowest BCUT2D eigenvalue weighted by atomic mass is 10.3. The number of hydrogen-bond donors (Lipinski definition) is 3. The van der Waals surface area contributed by atoms with Crippen LogP contribution in [0.1, 0.15) is 19.8 Å². The lowest BCUT2D eigenvalue weighted by Gasteiger charge is -2.11. The first kappa shape index (κ1) is 17.4. The zero-order chi connectivity index (χ0) is 15.8. The van der Waals surface area contributed by atoms with E-state index in [0.29, 0.717) is 34.5 Å². The highest BCUT2D eigenvalue weighted by molar-refractivity contribution is 6.37. The molecular weight excluding hydrogens is 319 g/mol. The Labute approximate surface area is 132 Å². The van der Waals surface area contributed by atoms with Crippen LogP contribution in [0.15, 0.2) is 12.1 Å². The predicted molar refractivity (Wildman–Crippen MR) is 81.5 cm³/mol. The summed E-state index contributed by atoms with van der Waals surface area (Å²) in [6.07, 6.45) is 0.356. The standard InChI is InChI=1S/C13H16Cl2N2O4/c1-2-21-12-9(14)6-8(7-10(12)15)17-13(20)16-5-3-4-11(18)19/h6-7H,2-5H2,1H3,(H,18,19)(H2,16,17,20). The van der Waals surface area contributed by atoms with Crippen molar-refractivity contribution in [3.05, 3.63) is 22.2 Å². The highest BCUT2D eigenvalue weighted by Crippen LogP contribution is 2.35. The molecule has 0 spiro atoms. The van der Waals surface area contributed by atoms with Crippen molar-refractivity contribution < 1.29 is 19.4 Å². The molecule has 0 unspecified atom stereocenters. The number of carboxylic acids is 1. The number of anilines is 1. The number of hydrogen-bond acceptors (Lipinski definition) is 3. The molecule has 1 rings (SSSR count). The number of amides is 2. The first-order valence-electron chi connectivity index (χ1n) is 6.32. The van der Waals surface area contributed by atoms with Crippen molar-refractivity contribution in [2.24, 2.45) is 0 Å². The third kappa shape index (κ3) is 6.10. The van der Waals surface area contributed by atoms with E-state index < -0.39 is 12.0 Å². The number of carbonyl (C=O) groups is 2. The lowest BCUT2D eigenvalue weighted by molar-refractivity contribution is -0.137. The molecule has 0 bridgehead atoms. The number of carboxylic acid groups (broad SMARTS) is 1. The van der Waals surface area contributed by atoms with E-state index in [1.165, 1.54) is 12.1 Å². The number of halogens is 2. The summed E-state index contributed by atoms with van der Waals surface area (Å²) >= 11 is 12.0. The molecule has 8 heteroatoms. The Kier molecular flexibility index (Phi) is 7.11. The molecule has 0 atom stereocenters. The molecule has 0 fully saturated rings. The SMILES string of the molecule is CCOc1c(Cl)cc(NC(=O)NCCCC(=O)O)cc1Cl. The van der Waals surface area contributed by atoms with Crippen molar-refractivity contribution in [1.29, 1.82) is 0 Å². The molecular formula is C13H16Cl2N2O4. The second-order valence-corrected chi connectivity index (χ2v) is 4.89. The summed E-state index contributed by atoms with van der Waals surface area (Å²) < 4.78 is 5.28. The van der Waals surface area contributed by atoms with Gasteiger partial charge in [-0.3, -0.25) is 4.79 Å². The summed E-state index contributed by atoms with van der Waals surface area (Å²) in [4.78, 5) is 21.9. The van der Waals surface area contributed by atoms with Crippen LogP contribution in [0, 0.1) is 0 Å². The first-order chi connectivity index (χ1) is 9.93. The van der Waals surface area contributed by atoms with E-state index in [1.54, 1.807) is 0 Å². The largest absolute Gasteiger partial charge is 0.491 e. The second kappa shape index (κ2) is 8.59. The maximum atomic E-state index is 11.6. The van der Waals surface area contributed by atoms with Crippen molar-refractivity contribution in [3.8, 4) is 5.75 Å². The molecule has 0 saturated carbocycles. The topological polar surface area (TPSA) is 87.7 Å². The molecule has 0 aliphatic heterocycles. The van der Waals surface area contributed by atoms with E-state index in [2.05, 4.69) is 10.6 Å². The minimum absolute atomic E-state index is 0.000982. The average Bonchev–Trinajstić information content (AvgIpc) is 2.39. The van der Waals surface area contributed by atoms with Gasteiger partial charge in [0.1, 0.15) is 0 Å². The molecule has 116 valence electrons. The van der Waals surface area contributed by atoms with Crippen molar-refractivity contribution in [2.75, 3.05) is 18.5 Å². The van der Waals surface area contributed by atoms with Crippen LogP contribution in [0.25, 0.3) is 0 Å². The maximum Gasteiger partial charge on any atom is 0.319 e. The third-order valence-corrected chi connectivity index (χ3v) is 2.96. The fraction of sp³-hybridized carbons (Fsp3) is 0.385. The predicted octanol–water partition coefficient (Wildman–Crippen LogP) is 3.38. The van der Waals surface area contributed by atoms with E-state index in [-0.39, 0.29) is 13.0 Å². The summed E-state index contributed by atoms with van der Waals surface area (Å²) in [5.74, 6) is -0.532. The van der Waals surface area contributed by atoms with Gasteiger partial charge < -0.3 is 20.5 Å². The molecule has 0 heterocycles. The zero-order valence-electron chi connectivity index (χ0n) is 11.4. The van der Waals surface area contributed by atoms with E-state index in [9.17, 15) is 9.59 Å². The van der Waals surface area contributed by atoms with Crippen molar-refractivity contribution in [1.82, 2.24) is 5.32 Å². The highest BCUT2D eigenvalue weighted by atomic mass is 35.5. The van der Waals surface area contributed by atoms with Crippen LogP contribution < -0.4 is 15.4 Å². The number of nitrogens with one attached hydrogen (secondary N) is 2. The molecule has 0 aliphatic rings. The summed E-state index contributed by atoms with van der Waals surface area (Å²) in [5.41, 5.74) is 0.421. The van der Waals surface area contributed by atoms with Crippen molar-refractivity contribution >= 4 is 40.9 Å². The third-order valence-electron chi connectivity index (χ3n) is 2.40. The van der Waals surface area contributed by atoms with Crippen LogP contribution >= 0.6 is 23.2 Å². The van der Waals surface area contributed by atoms with Crippen molar-refractivity contribution in [2.45, 2.75) is 19.8 Å². The molecule has 6 nitrogen and oxygen atoms in total.